The van der Waals surface area contributed by atoms with Gasteiger partial charge in [0.1, 0.15) is 0 Å². The van der Waals surface area contributed by atoms with Crippen LogP contribution in [0.15, 0.2) is 0 Å². The van der Waals surface area contributed by atoms with Crippen LogP contribution in [-0.2, 0) is 14.3 Å². The second kappa shape index (κ2) is 8.45. The average molecular weight is 342 g/mol. The van der Waals surface area contributed by atoms with E-state index < -0.39 is 28.2 Å². The van der Waals surface area contributed by atoms with E-state index in [1.165, 1.54) is 0 Å². The lowest BCUT2D eigenvalue weighted by Crippen LogP contribution is -2.44. The second-order valence-electron chi connectivity index (χ2n) is 3.89. The number of carbonyl (C=O) groups is 1. The van der Waals surface area contributed by atoms with Crippen molar-refractivity contribution in [3.63, 3.8) is 0 Å². The summed E-state index contributed by atoms with van der Waals surface area (Å²) in [5, 5.41) is -2.11. The Kier molecular flexibility index (Phi) is 8.52. The zero-order valence-corrected chi connectivity index (χ0v) is 13.0. The van der Waals surface area contributed by atoms with Crippen LogP contribution in [0.1, 0.15) is 33.1 Å². The van der Waals surface area contributed by atoms with E-state index in [4.69, 9.17) is 44.3 Å². The molecule has 0 rings (SSSR count). The van der Waals surface area contributed by atoms with Crippen molar-refractivity contribution in [3.8, 4) is 0 Å². The van der Waals surface area contributed by atoms with Crippen LogP contribution in [-0.4, -0.2) is 35.0 Å². The van der Waals surface area contributed by atoms with Crippen LogP contribution < -0.4 is 0 Å². The highest BCUT2D eigenvalue weighted by atomic mass is 35.5. The SMILES string of the molecule is CCCCOC(Cl)(CC(Cl)(Cl)C(F)F)C(=O)OCC. The Hall–Kier alpha value is 0.160. The molecule has 1 unspecified atom stereocenters. The number of halogens is 5. The van der Waals surface area contributed by atoms with Crippen molar-refractivity contribution >= 4 is 40.8 Å². The molecule has 8 heteroatoms. The lowest BCUT2D eigenvalue weighted by Gasteiger charge is -2.30. The van der Waals surface area contributed by atoms with Gasteiger partial charge in [-0.2, -0.15) is 0 Å². The number of hydrogen-bond donors (Lipinski definition) is 0. The summed E-state index contributed by atoms with van der Waals surface area (Å²) in [7, 11) is 0. The van der Waals surface area contributed by atoms with Gasteiger partial charge in [0.2, 0.25) is 5.06 Å². The van der Waals surface area contributed by atoms with Crippen LogP contribution >= 0.6 is 34.8 Å². The summed E-state index contributed by atoms with van der Waals surface area (Å²) >= 11 is 16.8. The molecule has 0 aliphatic rings. The minimum Gasteiger partial charge on any atom is -0.463 e. The van der Waals surface area contributed by atoms with Gasteiger partial charge in [-0.1, -0.05) is 48.1 Å². The van der Waals surface area contributed by atoms with Gasteiger partial charge < -0.3 is 9.47 Å². The van der Waals surface area contributed by atoms with Gasteiger partial charge >= 0.3 is 5.97 Å². The molecule has 19 heavy (non-hydrogen) atoms. The molecular formula is C11H17Cl3F2O3. The maximum Gasteiger partial charge on any atom is 0.354 e. The van der Waals surface area contributed by atoms with Gasteiger partial charge in [-0.25, -0.2) is 13.6 Å². The minimum absolute atomic E-state index is 0.0384. The molecule has 0 aliphatic heterocycles. The molecule has 0 bridgehead atoms. The summed E-state index contributed by atoms with van der Waals surface area (Å²) in [4.78, 5) is 11.7. The summed E-state index contributed by atoms with van der Waals surface area (Å²) in [5.41, 5.74) is 0. The third-order valence-corrected chi connectivity index (χ3v) is 3.19. The van der Waals surface area contributed by atoms with Crippen molar-refractivity contribution in [1.82, 2.24) is 0 Å². The van der Waals surface area contributed by atoms with Crippen molar-refractivity contribution in [2.45, 2.75) is 48.9 Å². The van der Waals surface area contributed by atoms with E-state index >= 15 is 0 Å². The monoisotopic (exact) mass is 340 g/mol. The van der Waals surface area contributed by atoms with Crippen LogP contribution in [0.5, 0.6) is 0 Å². The number of esters is 1. The Morgan fingerprint density at radius 1 is 1.26 bits per heavy atom. The van der Waals surface area contributed by atoms with Gasteiger partial charge in [0.05, 0.1) is 6.61 Å². The van der Waals surface area contributed by atoms with Gasteiger partial charge in [-0.15, -0.1) is 0 Å². The van der Waals surface area contributed by atoms with Crippen LogP contribution in [0.3, 0.4) is 0 Å². The van der Waals surface area contributed by atoms with Crippen LogP contribution in [0.2, 0.25) is 0 Å². The summed E-state index contributed by atoms with van der Waals surface area (Å²) in [6.45, 7) is 3.61. The Balaban J connectivity index is 4.89. The van der Waals surface area contributed by atoms with Crippen molar-refractivity contribution in [3.05, 3.63) is 0 Å². The molecule has 3 nitrogen and oxygen atoms in total. The molecule has 0 aromatic heterocycles. The fourth-order valence-electron chi connectivity index (χ4n) is 1.18. The third-order valence-electron chi connectivity index (χ3n) is 2.19. The highest BCUT2D eigenvalue weighted by Gasteiger charge is 2.50. The molecule has 0 aromatic rings. The number of ether oxygens (including phenoxy) is 2. The number of rotatable bonds is 9. The first-order valence-corrected chi connectivity index (χ1v) is 6.99. The Morgan fingerprint density at radius 2 is 1.84 bits per heavy atom. The molecule has 114 valence electrons. The van der Waals surface area contributed by atoms with Gasteiger partial charge in [-0.05, 0) is 13.3 Å². The Morgan fingerprint density at radius 3 is 2.26 bits per heavy atom. The summed E-state index contributed by atoms with van der Waals surface area (Å²) in [6, 6.07) is 0. The normalized spacial score (nSPS) is 15.4. The molecule has 0 saturated carbocycles. The molecular weight excluding hydrogens is 324 g/mol. The number of carbonyl (C=O) groups excluding carboxylic acids is 1. The Labute approximate surface area is 126 Å². The number of unbranched alkanes of at least 4 members (excludes halogenated alkanes) is 1. The number of alkyl halides is 5. The maximum absolute atomic E-state index is 12.7. The van der Waals surface area contributed by atoms with Crippen LogP contribution in [0.4, 0.5) is 8.78 Å². The first kappa shape index (κ1) is 19.2. The average Bonchev–Trinajstić information content (AvgIpc) is 2.28. The van der Waals surface area contributed by atoms with Crippen molar-refractivity contribution in [2.75, 3.05) is 13.2 Å². The quantitative estimate of drug-likeness (QED) is 0.359. The molecule has 0 heterocycles. The van der Waals surface area contributed by atoms with Gasteiger partial charge in [-0.3, -0.25) is 0 Å². The third kappa shape index (κ3) is 6.43. The highest BCUT2D eigenvalue weighted by Crippen LogP contribution is 2.40. The van der Waals surface area contributed by atoms with E-state index in [0.29, 0.717) is 6.42 Å². The molecule has 0 spiro atoms. The van der Waals surface area contributed by atoms with Crippen LogP contribution in [0, 0.1) is 0 Å². The zero-order chi connectivity index (χ0) is 15.1. The van der Waals surface area contributed by atoms with E-state index in [9.17, 15) is 13.6 Å². The minimum atomic E-state index is -3.07. The fourth-order valence-corrected chi connectivity index (χ4v) is 2.04. The van der Waals surface area contributed by atoms with E-state index in [1.54, 1.807) is 6.92 Å². The summed E-state index contributed by atoms with van der Waals surface area (Å²) in [6.07, 6.45) is -2.44. The molecule has 0 amide bonds. The zero-order valence-electron chi connectivity index (χ0n) is 10.7. The van der Waals surface area contributed by atoms with E-state index in [1.807, 2.05) is 6.92 Å². The molecule has 1 atom stereocenters. The van der Waals surface area contributed by atoms with Crippen molar-refractivity contribution in [1.29, 1.82) is 0 Å². The van der Waals surface area contributed by atoms with Crippen molar-refractivity contribution in [2.24, 2.45) is 0 Å². The second-order valence-corrected chi connectivity index (χ2v) is 6.04. The summed E-state index contributed by atoms with van der Waals surface area (Å²) < 4.78 is 32.7. The molecule has 0 aromatic carbocycles. The molecule has 0 radical (unpaired) electrons. The van der Waals surface area contributed by atoms with E-state index in [2.05, 4.69) is 0 Å². The predicted octanol–water partition coefficient (Wildman–Crippen LogP) is 4.13. The lowest BCUT2D eigenvalue weighted by atomic mass is 10.1. The largest absolute Gasteiger partial charge is 0.463 e. The first-order valence-electron chi connectivity index (χ1n) is 5.85. The fraction of sp³-hybridized carbons (Fsp3) is 0.909. The maximum atomic E-state index is 12.7. The predicted molar refractivity (Wildman–Crippen MR) is 71.1 cm³/mol. The molecule has 0 fully saturated rings. The molecule has 0 saturated heterocycles. The number of hydrogen-bond acceptors (Lipinski definition) is 3. The van der Waals surface area contributed by atoms with E-state index in [0.717, 1.165) is 6.42 Å². The topological polar surface area (TPSA) is 35.5 Å². The van der Waals surface area contributed by atoms with Gasteiger partial charge in [0.25, 0.3) is 6.43 Å². The van der Waals surface area contributed by atoms with Crippen LogP contribution in [0.25, 0.3) is 0 Å². The van der Waals surface area contributed by atoms with Gasteiger partial charge in [0, 0.05) is 13.0 Å². The van der Waals surface area contributed by atoms with E-state index in [-0.39, 0.29) is 13.2 Å². The highest BCUT2D eigenvalue weighted by molar-refractivity contribution is 6.49. The smallest absolute Gasteiger partial charge is 0.354 e. The standard InChI is InChI=1S/C11H17Cl3F2O3/c1-3-5-6-19-11(14,9(17)18-4-2)7-10(12,13)8(15)16/h8H,3-7H2,1-2H3. The lowest BCUT2D eigenvalue weighted by molar-refractivity contribution is -0.163. The van der Waals surface area contributed by atoms with Gasteiger partial charge in [0.15, 0.2) is 4.33 Å². The first-order chi connectivity index (χ1) is 8.69. The summed E-state index contributed by atoms with van der Waals surface area (Å²) in [5.74, 6) is -0.973. The Bertz CT molecular complexity index is 290. The molecule has 0 aliphatic carbocycles. The molecule has 0 N–H and O–H groups in total. The van der Waals surface area contributed by atoms with Crippen molar-refractivity contribution < 1.29 is 23.0 Å².